The molecular formula is C16H12ClNO. The first kappa shape index (κ1) is 12.1. The van der Waals surface area contributed by atoms with Crippen LogP contribution in [0.25, 0.3) is 0 Å². The Balaban J connectivity index is 1.72. The van der Waals surface area contributed by atoms with Crippen molar-refractivity contribution in [3.63, 3.8) is 0 Å². The minimum Gasteiger partial charge on any atom is -0.492 e. The van der Waals surface area contributed by atoms with Crippen LogP contribution in [0.2, 0.25) is 5.02 Å². The normalized spacial score (nSPS) is 16.1. The highest BCUT2D eigenvalue weighted by Gasteiger charge is 2.26. The number of hydrogen-bond acceptors (Lipinski definition) is 2. The van der Waals surface area contributed by atoms with E-state index in [2.05, 4.69) is 24.3 Å². The highest BCUT2D eigenvalue weighted by Crippen LogP contribution is 2.35. The van der Waals surface area contributed by atoms with Crippen LogP contribution in [0.15, 0.2) is 42.5 Å². The van der Waals surface area contributed by atoms with Gasteiger partial charge in [-0.05, 0) is 29.7 Å². The number of nitrogens with zero attached hydrogens (tertiary/aromatic N) is 1. The fraction of sp³-hybridized carbons (Fsp3) is 0.188. The summed E-state index contributed by atoms with van der Waals surface area (Å²) < 4.78 is 5.76. The molecule has 1 aliphatic carbocycles. The van der Waals surface area contributed by atoms with Crippen molar-refractivity contribution in [1.82, 2.24) is 0 Å². The third-order valence-corrected chi connectivity index (χ3v) is 3.70. The van der Waals surface area contributed by atoms with Crippen LogP contribution < -0.4 is 4.74 Å². The first-order valence-electron chi connectivity index (χ1n) is 6.18. The summed E-state index contributed by atoms with van der Waals surface area (Å²) in [5.74, 6) is 0.987. The van der Waals surface area contributed by atoms with Crippen LogP contribution in [-0.2, 0) is 6.42 Å². The molecule has 2 nitrogen and oxygen atoms in total. The zero-order valence-electron chi connectivity index (χ0n) is 10.3. The average molecular weight is 270 g/mol. The summed E-state index contributed by atoms with van der Waals surface area (Å²) in [4.78, 5) is 0. The SMILES string of the molecule is N#Cc1ccc(Cl)cc1OCC1Cc2ccccc21. The molecule has 94 valence electrons. The molecule has 0 aliphatic heterocycles. The van der Waals surface area contributed by atoms with Crippen LogP contribution in [0.4, 0.5) is 0 Å². The molecule has 0 aromatic heterocycles. The van der Waals surface area contributed by atoms with Crippen molar-refractivity contribution in [2.45, 2.75) is 12.3 Å². The number of fused-ring (bicyclic) bond motifs is 1. The van der Waals surface area contributed by atoms with Crippen molar-refractivity contribution in [2.75, 3.05) is 6.61 Å². The zero-order chi connectivity index (χ0) is 13.2. The second-order valence-corrected chi connectivity index (χ2v) is 5.10. The lowest BCUT2D eigenvalue weighted by atomic mass is 9.78. The summed E-state index contributed by atoms with van der Waals surface area (Å²) in [5.41, 5.74) is 3.27. The summed E-state index contributed by atoms with van der Waals surface area (Å²) in [6.07, 6.45) is 1.04. The fourth-order valence-electron chi connectivity index (χ4n) is 2.41. The van der Waals surface area contributed by atoms with Gasteiger partial charge in [0.05, 0.1) is 12.2 Å². The van der Waals surface area contributed by atoms with E-state index in [0.29, 0.717) is 28.9 Å². The van der Waals surface area contributed by atoms with E-state index in [-0.39, 0.29) is 0 Å². The average Bonchev–Trinajstić information content (AvgIpc) is 2.40. The van der Waals surface area contributed by atoms with E-state index in [9.17, 15) is 0 Å². The number of rotatable bonds is 3. The summed E-state index contributed by atoms with van der Waals surface area (Å²) in [6, 6.07) is 15.6. The Hall–Kier alpha value is -1.98. The summed E-state index contributed by atoms with van der Waals surface area (Å²) in [6.45, 7) is 0.589. The van der Waals surface area contributed by atoms with E-state index < -0.39 is 0 Å². The maximum absolute atomic E-state index is 9.03. The first-order chi connectivity index (χ1) is 9.28. The van der Waals surface area contributed by atoms with Crippen molar-refractivity contribution >= 4 is 11.6 Å². The highest BCUT2D eigenvalue weighted by molar-refractivity contribution is 6.30. The Labute approximate surface area is 117 Å². The maximum Gasteiger partial charge on any atom is 0.138 e. The third-order valence-electron chi connectivity index (χ3n) is 3.47. The molecule has 0 amide bonds. The quantitative estimate of drug-likeness (QED) is 0.846. The Kier molecular flexibility index (Phi) is 3.15. The number of benzene rings is 2. The van der Waals surface area contributed by atoms with Gasteiger partial charge in [0.1, 0.15) is 11.8 Å². The van der Waals surface area contributed by atoms with E-state index in [4.69, 9.17) is 21.6 Å². The predicted molar refractivity (Wildman–Crippen MR) is 74.5 cm³/mol. The van der Waals surface area contributed by atoms with Gasteiger partial charge < -0.3 is 4.74 Å². The molecule has 19 heavy (non-hydrogen) atoms. The number of nitriles is 1. The molecule has 0 heterocycles. The van der Waals surface area contributed by atoms with E-state index in [0.717, 1.165) is 6.42 Å². The molecule has 0 fully saturated rings. The monoisotopic (exact) mass is 269 g/mol. The van der Waals surface area contributed by atoms with E-state index in [1.165, 1.54) is 11.1 Å². The second kappa shape index (κ2) is 4.95. The molecule has 0 saturated heterocycles. The minimum atomic E-state index is 0.418. The van der Waals surface area contributed by atoms with Gasteiger partial charge in [-0.25, -0.2) is 0 Å². The lowest BCUT2D eigenvalue weighted by Crippen LogP contribution is -2.23. The first-order valence-corrected chi connectivity index (χ1v) is 6.56. The van der Waals surface area contributed by atoms with Gasteiger partial charge in [-0.2, -0.15) is 5.26 Å². The zero-order valence-corrected chi connectivity index (χ0v) is 11.0. The van der Waals surface area contributed by atoms with Crippen LogP contribution in [0, 0.1) is 11.3 Å². The molecule has 2 aromatic carbocycles. The summed E-state index contributed by atoms with van der Waals surface area (Å²) in [7, 11) is 0. The Morgan fingerprint density at radius 3 is 2.89 bits per heavy atom. The largest absolute Gasteiger partial charge is 0.492 e. The van der Waals surface area contributed by atoms with Gasteiger partial charge in [-0.15, -0.1) is 0 Å². The molecule has 1 atom stereocenters. The standard InChI is InChI=1S/C16H12ClNO/c17-14-6-5-12(9-18)16(8-14)19-10-13-7-11-3-1-2-4-15(11)13/h1-6,8,13H,7,10H2. The molecule has 0 bridgehead atoms. The Morgan fingerprint density at radius 2 is 2.11 bits per heavy atom. The fourth-order valence-corrected chi connectivity index (χ4v) is 2.57. The van der Waals surface area contributed by atoms with Gasteiger partial charge in [-0.1, -0.05) is 35.9 Å². The lowest BCUT2D eigenvalue weighted by Gasteiger charge is -2.29. The molecule has 3 rings (SSSR count). The van der Waals surface area contributed by atoms with Gasteiger partial charge in [0.2, 0.25) is 0 Å². The van der Waals surface area contributed by atoms with Crippen molar-refractivity contribution < 1.29 is 4.74 Å². The lowest BCUT2D eigenvalue weighted by molar-refractivity contribution is 0.274. The number of halogens is 1. The van der Waals surface area contributed by atoms with E-state index in [1.807, 2.05) is 6.07 Å². The number of ether oxygens (including phenoxy) is 1. The van der Waals surface area contributed by atoms with Gasteiger partial charge in [0.25, 0.3) is 0 Å². The minimum absolute atomic E-state index is 0.418. The van der Waals surface area contributed by atoms with Crippen LogP contribution in [-0.4, -0.2) is 6.61 Å². The second-order valence-electron chi connectivity index (χ2n) is 4.66. The van der Waals surface area contributed by atoms with Crippen LogP contribution in [0.5, 0.6) is 5.75 Å². The van der Waals surface area contributed by atoms with Gasteiger partial charge in [-0.3, -0.25) is 0 Å². The van der Waals surface area contributed by atoms with E-state index in [1.54, 1.807) is 18.2 Å². The van der Waals surface area contributed by atoms with Crippen molar-refractivity contribution in [1.29, 1.82) is 5.26 Å². The van der Waals surface area contributed by atoms with Crippen LogP contribution in [0.1, 0.15) is 22.6 Å². The summed E-state index contributed by atoms with van der Waals surface area (Å²) in [5, 5.41) is 9.62. The van der Waals surface area contributed by atoms with Gasteiger partial charge in [0, 0.05) is 17.0 Å². The van der Waals surface area contributed by atoms with Gasteiger partial charge in [0.15, 0.2) is 0 Å². The predicted octanol–water partition coefficient (Wildman–Crippen LogP) is 3.93. The third kappa shape index (κ3) is 2.30. The maximum atomic E-state index is 9.03. The molecule has 1 unspecified atom stereocenters. The van der Waals surface area contributed by atoms with Crippen molar-refractivity contribution in [3.05, 3.63) is 64.2 Å². The molecule has 2 aromatic rings. The smallest absolute Gasteiger partial charge is 0.138 e. The molecule has 3 heteroatoms. The van der Waals surface area contributed by atoms with Crippen molar-refractivity contribution in [2.24, 2.45) is 0 Å². The molecule has 0 radical (unpaired) electrons. The Morgan fingerprint density at radius 1 is 1.26 bits per heavy atom. The number of hydrogen-bond donors (Lipinski definition) is 0. The molecule has 1 aliphatic rings. The molecule has 0 spiro atoms. The van der Waals surface area contributed by atoms with Crippen molar-refractivity contribution in [3.8, 4) is 11.8 Å². The summed E-state index contributed by atoms with van der Waals surface area (Å²) >= 11 is 5.93. The van der Waals surface area contributed by atoms with Crippen LogP contribution in [0.3, 0.4) is 0 Å². The highest BCUT2D eigenvalue weighted by atomic mass is 35.5. The molecule has 0 N–H and O–H groups in total. The molecule has 0 saturated carbocycles. The Bertz CT molecular complexity index is 660. The van der Waals surface area contributed by atoms with Crippen LogP contribution >= 0.6 is 11.6 Å². The molecular weight excluding hydrogens is 258 g/mol. The van der Waals surface area contributed by atoms with Gasteiger partial charge >= 0.3 is 0 Å². The topological polar surface area (TPSA) is 33.0 Å². The van der Waals surface area contributed by atoms with E-state index >= 15 is 0 Å².